The molecule has 0 aliphatic carbocycles. The fourth-order valence-electron chi connectivity index (χ4n) is 0.213. The molecule has 0 aliphatic rings. The molecule has 0 fully saturated rings. The standard InChI is InChI=1S/C6H12N2O4S2/c7-3(5(9)10)1-13-14-2-4(8)6(11)12/h3-4H,1-2,7-8H2,(H,9,10)(H,11,12)/t3-,4-/m0/s1/i1D2,2D2,3D,4D/hD2. The molecule has 82 valence electrons. The third-order valence-corrected chi connectivity index (χ3v) is 2.18. The number of hydrogen-bond donors (Lipinski definition) is 4. The molecule has 14 heavy (non-hydrogen) atoms. The minimum absolute atomic E-state index is 0.212. The van der Waals surface area contributed by atoms with E-state index in [1.807, 2.05) is 0 Å². The average molecular weight is 248 g/mol. The summed E-state index contributed by atoms with van der Waals surface area (Å²) in [6.45, 7) is 0. The van der Waals surface area contributed by atoms with Gasteiger partial charge in [-0.3, -0.25) is 9.59 Å². The summed E-state index contributed by atoms with van der Waals surface area (Å²) in [5.74, 6) is -4.22. The molecule has 6 N–H and O–H groups in total. The fourth-order valence-corrected chi connectivity index (χ4v) is 1.40. The van der Waals surface area contributed by atoms with Crippen LogP contribution in [0.25, 0.3) is 0 Å². The first-order chi connectivity index (χ1) is 9.54. The minimum atomic E-state index is -3.43. The van der Waals surface area contributed by atoms with Crippen molar-refractivity contribution in [2.75, 3.05) is 11.4 Å². The van der Waals surface area contributed by atoms with E-state index in [1.165, 1.54) is 0 Å². The van der Waals surface area contributed by atoms with Gasteiger partial charge < -0.3 is 21.7 Å². The van der Waals surface area contributed by atoms with Gasteiger partial charge in [0.1, 0.15) is 14.9 Å². The van der Waals surface area contributed by atoms with Crippen LogP contribution in [0.5, 0.6) is 0 Å². The molecule has 0 aromatic rings. The molecule has 0 saturated carbocycles. The number of aliphatic carboxylic acids is 2. The molecular formula is C6H12N2O4S2. The van der Waals surface area contributed by atoms with Gasteiger partial charge in [0.2, 0.25) is 0 Å². The monoisotopic (exact) mass is 248 g/mol. The van der Waals surface area contributed by atoms with Crippen LogP contribution in [0.2, 0.25) is 2.82 Å². The van der Waals surface area contributed by atoms with Gasteiger partial charge in [0.25, 0.3) is 0 Å². The number of rotatable bonds is 8. The van der Waals surface area contributed by atoms with Gasteiger partial charge in [-0.05, 0) is 0 Å². The van der Waals surface area contributed by atoms with Crippen molar-refractivity contribution in [2.24, 2.45) is 11.5 Å². The molecule has 0 aromatic carbocycles. The predicted octanol–water partition coefficient (Wildman–Crippen LogP) is -0.808. The molecule has 0 aliphatic heterocycles. The first-order valence-corrected chi connectivity index (χ1v) is 5.09. The van der Waals surface area contributed by atoms with Crippen LogP contribution in [0.3, 0.4) is 0 Å². The maximum absolute atomic E-state index is 11.0. The molecule has 0 aromatic heterocycles. The molecule has 0 bridgehead atoms. The van der Waals surface area contributed by atoms with E-state index in [0.717, 1.165) is 0 Å². The van der Waals surface area contributed by atoms with Crippen molar-refractivity contribution in [2.45, 2.75) is 12.0 Å². The van der Waals surface area contributed by atoms with Crippen LogP contribution in [-0.2, 0) is 9.59 Å². The van der Waals surface area contributed by atoms with E-state index in [1.54, 1.807) is 0 Å². The normalized spacial score (nSPS) is 29.9. The summed E-state index contributed by atoms with van der Waals surface area (Å²) in [6, 6.07) is -6.60. The second-order valence-corrected chi connectivity index (χ2v) is 3.48. The van der Waals surface area contributed by atoms with Crippen LogP contribution in [0.15, 0.2) is 0 Å². The van der Waals surface area contributed by atoms with E-state index in [9.17, 15) is 9.59 Å². The zero-order valence-electron chi connectivity index (χ0n) is 14.6. The van der Waals surface area contributed by atoms with Crippen LogP contribution < -0.4 is 11.5 Å². The highest BCUT2D eigenvalue weighted by Crippen LogP contribution is 2.22. The quantitative estimate of drug-likeness (QED) is 0.411. The first kappa shape index (κ1) is 5.06. The SMILES string of the molecule is [2H]N([2H])[C@]([2H])(C(=O)O)C([2H])([2H])SSC([2H])([2H])[C@]([2H])(N)C(=O)O. The lowest BCUT2D eigenvalue weighted by atomic mass is 10.4. The Labute approximate surface area is 100 Å². The molecule has 0 heterocycles. The van der Waals surface area contributed by atoms with Gasteiger partial charge in [0, 0.05) is 16.9 Å². The lowest BCUT2D eigenvalue weighted by molar-refractivity contribution is -0.138. The van der Waals surface area contributed by atoms with Gasteiger partial charge in [0.05, 0.1) is 2.74 Å². The number of carboxylic acid groups (broad SMARTS) is 2. The van der Waals surface area contributed by atoms with Gasteiger partial charge in [-0.2, -0.15) is 0 Å². The van der Waals surface area contributed by atoms with Gasteiger partial charge in [-0.1, -0.05) is 21.6 Å². The van der Waals surface area contributed by atoms with E-state index >= 15 is 0 Å². The number of hydrogen-bond acceptors (Lipinski definition) is 6. The van der Waals surface area contributed by atoms with E-state index < -0.39 is 41.1 Å². The summed E-state index contributed by atoms with van der Waals surface area (Å²) in [4.78, 5) is 21.7. The fraction of sp³-hybridized carbons (Fsp3) is 0.667. The summed E-state index contributed by atoms with van der Waals surface area (Å²) >= 11 is 0. The Morgan fingerprint density at radius 3 is 2.14 bits per heavy atom. The molecule has 0 radical (unpaired) electrons. The van der Waals surface area contributed by atoms with E-state index in [4.69, 9.17) is 27.0 Å². The molecule has 2 atom stereocenters. The average Bonchev–Trinajstić information content (AvgIpc) is 2.34. The molecule has 0 saturated heterocycles. The second kappa shape index (κ2) is 6.93. The molecular weight excluding hydrogens is 228 g/mol. The Morgan fingerprint density at radius 2 is 1.79 bits per heavy atom. The predicted molar refractivity (Wildman–Crippen MR) is 56.1 cm³/mol. The smallest absolute Gasteiger partial charge is 0.321 e. The van der Waals surface area contributed by atoms with Crippen molar-refractivity contribution in [3.8, 4) is 0 Å². The molecule has 6 nitrogen and oxygen atoms in total. The van der Waals surface area contributed by atoms with Crippen molar-refractivity contribution in [1.82, 2.24) is 0 Å². The Morgan fingerprint density at radius 1 is 1.36 bits per heavy atom. The Balaban J connectivity index is 5.40. The molecule has 8 heteroatoms. The topological polar surface area (TPSA) is 127 Å². The summed E-state index contributed by atoms with van der Waals surface area (Å²) in [7, 11) is -0.457. The van der Waals surface area contributed by atoms with Crippen molar-refractivity contribution < 1.29 is 30.9 Å². The highest BCUT2D eigenvalue weighted by molar-refractivity contribution is 8.76. The minimum Gasteiger partial charge on any atom is -0.480 e. The van der Waals surface area contributed by atoms with Crippen molar-refractivity contribution in [1.29, 1.82) is 0 Å². The van der Waals surface area contributed by atoms with Gasteiger partial charge in [-0.25, -0.2) is 0 Å². The summed E-state index contributed by atoms with van der Waals surface area (Å²) in [5.41, 5.74) is -2.01. The van der Waals surface area contributed by atoms with Crippen LogP contribution >= 0.6 is 21.6 Å². The first-order valence-electron chi connectivity index (χ1n) is 6.84. The molecule has 0 amide bonds. The molecule has 0 unspecified atom stereocenters. The largest absolute Gasteiger partial charge is 0.480 e. The van der Waals surface area contributed by atoms with E-state index in [2.05, 4.69) is 0 Å². The number of nitrogens with two attached hydrogens (primary N) is 2. The summed E-state index contributed by atoms with van der Waals surface area (Å²) in [5, 5.41) is 17.5. The highest BCUT2D eigenvalue weighted by Gasteiger charge is 2.14. The van der Waals surface area contributed by atoms with Gasteiger partial charge in [-0.15, -0.1) is 0 Å². The van der Waals surface area contributed by atoms with Crippen molar-refractivity contribution in [3.63, 3.8) is 0 Å². The Hall–Kier alpha value is -0.440. The highest BCUT2D eigenvalue weighted by atomic mass is 33.1. The lowest BCUT2D eigenvalue weighted by Gasteiger charge is -2.07. The van der Waals surface area contributed by atoms with E-state index in [-0.39, 0.29) is 21.6 Å². The van der Waals surface area contributed by atoms with Crippen LogP contribution in [0, 0.1) is 0 Å². The van der Waals surface area contributed by atoms with Crippen molar-refractivity contribution >= 4 is 33.5 Å². The Bertz CT molecular complexity index is 464. The summed E-state index contributed by atoms with van der Waals surface area (Å²) < 4.78 is 58.1. The third kappa shape index (κ3) is 6.08. The van der Waals surface area contributed by atoms with Crippen molar-refractivity contribution in [3.05, 3.63) is 0 Å². The zero-order valence-corrected chi connectivity index (χ0v) is 8.18. The molecule has 0 rings (SSSR count). The van der Waals surface area contributed by atoms with E-state index in [0.29, 0.717) is 0 Å². The molecule has 0 spiro atoms. The maximum Gasteiger partial charge on any atom is 0.321 e. The maximum atomic E-state index is 11.0. The number of carboxylic acids is 2. The number of carbonyl (C=O) groups is 2. The summed E-state index contributed by atoms with van der Waals surface area (Å²) in [6.07, 6.45) is 0. The van der Waals surface area contributed by atoms with Gasteiger partial charge in [0.15, 0.2) is 0 Å². The van der Waals surface area contributed by atoms with Crippen LogP contribution in [-0.4, -0.2) is 45.6 Å². The van der Waals surface area contributed by atoms with Crippen LogP contribution in [0.1, 0.15) is 8.22 Å². The lowest BCUT2D eigenvalue weighted by Crippen LogP contribution is -2.33. The van der Waals surface area contributed by atoms with Gasteiger partial charge >= 0.3 is 11.9 Å². The second-order valence-electron chi connectivity index (χ2n) is 1.74. The van der Waals surface area contributed by atoms with Crippen LogP contribution in [0.4, 0.5) is 0 Å². The third-order valence-electron chi connectivity index (χ3n) is 0.765. The Kier molecular flexibility index (Phi) is 2.51. The zero-order chi connectivity index (χ0) is 18.1.